The van der Waals surface area contributed by atoms with E-state index in [1.54, 1.807) is 22.9 Å². The molecule has 25 heavy (non-hydrogen) atoms. The van der Waals surface area contributed by atoms with Crippen LogP contribution in [0, 0.1) is 0 Å². The Hall–Kier alpha value is -2.15. The van der Waals surface area contributed by atoms with E-state index in [0.717, 1.165) is 12.8 Å². The number of aromatic nitrogens is 1. The third-order valence-corrected chi connectivity index (χ3v) is 4.98. The molecule has 1 aromatic rings. The average molecular weight is 346 g/mol. The van der Waals surface area contributed by atoms with Crippen LogP contribution in [0.1, 0.15) is 26.2 Å². The first-order chi connectivity index (χ1) is 12.0. The van der Waals surface area contributed by atoms with Gasteiger partial charge in [-0.05, 0) is 25.8 Å². The van der Waals surface area contributed by atoms with E-state index in [1.165, 1.54) is 6.07 Å². The molecule has 1 saturated carbocycles. The van der Waals surface area contributed by atoms with Crippen molar-refractivity contribution in [2.75, 3.05) is 26.2 Å². The van der Waals surface area contributed by atoms with Gasteiger partial charge in [-0.2, -0.15) is 0 Å². The maximum atomic E-state index is 12.4. The number of hydrogen-bond donors (Lipinski definition) is 1. The van der Waals surface area contributed by atoms with Crippen molar-refractivity contribution in [2.24, 2.45) is 0 Å². The summed E-state index contributed by atoms with van der Waals surface area (Å²) in [5.41, 5.74) is -0.0874. The fraction of sp³-hybridized carbons (Fsp3) is 0.611. The van der Waals surface area contributed by atoms with E-state index in [2.05, 4.69) is 10.2 Å². The largest absolute Gasteiger partial charge is 0.352 e. The number of hydrogen-bond acceptors (Lipinski definition) is 4. The lowest BCUT2D eigenvalue weighted by molar-refractivity contribution is -0.134. The fourth-order valence-corrected chi connectivity index (χ4v) is 3.09. The topological polar surface area (TPSA) is 74.7 Å². The van der Waals surface area contributed by atoms with Crippen molar-refractivity contribution in [1.82, 2.24) is 19.7 Å². The summed E-state index contributed by atoms with van der Waals surface area (Å²) in [6, 6.07) is 5.20. The molecule has 1 aromatic heterocycles. The summed E-state index contributed by atoms with van der Waals surface area (Å²) in [6.07, 6.45) is 4.20. The summed E-state index contributed by atoms with van der Waals surface area (Å²) in [6.45, 7) is 5.00. The summed E-state index contributed by atoms with van der Waals surface area (Å²) >= 11 is 0. The number of aryl methyl sites for hydroxylation is 1. The molecular formula is C18H26N4O3. The van der Waals surface area contributed by atoms with Crippen molar-refractivity contribution in [3.63, 3.8) is 0 Å². The van der Waals surface area contributed by atoms with Crippen molar-refractivity contribution in [1.29, 1.82) is 0 Å². The second kappa shape index (κ2) is 7.82. The Bertz CT molecular complexity index is 675. The summed E-state index contributed by atoms with van der Waals surface area (Å²) in [5, 5.41) is 3.04. The Morgan fingerprint density at radius 2 is 1.92 bits per heavy atom. The van der Waals surface area contributed by atoms with E-state index in [1.807, 2.05) is 11.8 Å². The lowest BCUT2D eigenvalue weighted by Gasteiger charge is -2.37. The quantitative estimate of drug-likeness (QED) is 0.790. The van der Waals surface area contributed by atoms with E-state index in [0.29, 0.717) is 45.2 Å². The summed E-state index contributed by atoms with van der Waals surface area (Å²) in [4.78, 5) is 40.1. The van der Waals surface area contributed by atoms with Gasteiger partial charge < -0.3 is 14.8 Å². The third kappa shape index (κ3) is 4.69. The molecule has 2 heterocycles. The highest BCUT2D eigenvalue weighted by atomic mass is 16.2. The van der Waals surface area contributed by atoms with E-state index in [9.17, 15) is 14.4 Å². The molecule has 2 fully saturated rings. The van der Waals surface area contributed by atoms with E-state index in [4.69, 9.17) is 0 Å². The molecule has 1 unspecified atom stereocenters. The molecule has 1 atom stereocenters. The summed E-state index contributed by atoms with van der Waals surface area (Å²) in [5.74, 6) is 0.149. The predicted octanol–water partition coefficient (Wildman–Crippen LogP) is 0.0497. The molecule has 2 aliphatic rings. The molecule has 0 bridgehead atoms. The number of rotatable bonds is 6. The number of pyridine rings is 1. The smallest absolute Gasteiger partial charge is 0.250 e. The number of amides is 2. The summed E-state index contributed by atoms with van der Waals surface area (Å²) in [7, 11) is 0. The van der Waals surface area contributed by atoms with Crippen LogP contribution >= 0.6 is 0 Å². The molecule has 3 rings (SSSR count). The molecule has 0 aromatic carbocycles. The van der Waals surface area contributed by atoms with Crippen molar-refractivity contribution in [2.45, 2.75) is 44.8 Å². The van der Waals surface area contributed by atoms with Gasteiger partial charge in [0.25, 0.3) is 5.56 Å². The zero-order valence-corrected chi connectivity index (χ0v) is 14.7. The first-order valence-electron chi connectivity index (χ1n) is 9.02. The van der Waals surface area contributed by atoms with Gasteiger partial charge in [0, 0.05) is 57.4 Å². The number of carbonyl (C=O) groups excluding carboxylic acids is 2. The number of carbonyl (C=O) groups is 2. The normalized spacial score (nSPS) is 19.5. The standard InChI is InChI=1S/C18H26N4O3/c1-14(18(25)19-15-5-6-15)20-10-12-22(13-11-20)17(24)7-9-21-8-3-2-4-16(21)23/h2-4,8,14-15H,5-7,9-13H2,1H3,(H,19,25). The van der Waals surface area contributed by atoms with Gasteiger partial charge in [0.2, 0.25) is 11.8 Å². The predicted molar refractivity (Wildman–Crippen MR) is 94.1 cm³/mol. The molecule has 1 saturated heterocycles. The van der Waals surface area contributed by atoms with Crippen LogP contribution in [-0.2, 0) is 16.1 Å². The zero-order valence-electron chi connectivity index (χ0n) is 14.7. The zero-order chi connectivity index (χ0) is 17.8. The van der Waals surface area contributed by atoms with Crippen LogP contribution in [0.25, 0.3) is 0 Å². The number of nitrogens with one attached hydrogen (secondary N) is 1. The van der Waals surface area contributed by atoms with Gasteiger partial charge in [-0.1, -0.05) is 6.07 Å². The first kappa shape index (κ1) is 17.7. The molecule has 1 aliphatic carbocycles. The van der Waals surface area contributed by atoms with Gasteiger partial charge in [0.15, 0.2) is 0 Å². The van der Waals surface area contributed by atoms with Crippen molar-refractivity contribution < 1.29 is 9.59 Å². The molecule has 2 amide bonds. The molecule has 0 radical (unpaired) electrons. The molecule has 136 valence electrons. The highest BCUT2D eigenvalue weighted by molar-refractivity contribution is 5.82. The monoisotopic (exact) mass is 346 g/mol. The minimum absolute atomic E-state index is 0.0606. The van der Waals surface area contributed by atoms with E-state index >= 15 is 0 Å². The molecule has 1 aliphatic heterocycles. The second-order valence-electron chi connectivity index (χ2n) is 6.86. The fourth-order valence-electron chi connectivity index (χ4n) is 3.09. The van der Waals surface area contributed by atoms with Crippen LogP contribution in [-0.4, -0.2) is 64.4 Å². The molecule has 0 spiro atoms. The molecule has 1 N–H and O–H groups in total. The van der Waals surface area contributed by atoms with Crippen molar-refractivity contribution in [3.8, 4) is 0 Å². The van der Waals surface area contributed by atoms with Crippen LogP contribution in [0.5, 0.6) is 0 Å². The van der Waals surface area contributed by atoms with Gasteiger partial charge >= 0.3 is 0 Å². The number of piperazine rings is 1. The van der Waals surface area contributed by atoms with Gasteiger partial charge in [-0.25, -0.2) is 0 Å². The van der Waals surface area contributed by atoms with E-state index in [-0.39, 0.29) is 23.4 Å². The third-order valence-electron chi connectivity index (χ3n) is 4.98. The van der Waals surface area contributed by atoms with E-state index < -0.39 is 0 Å². The SMILES string of the molecule is CC(C(=O)NC1CC1)N1CCN(C(=O)CCn2ccccc2=O)CC1. The first-order valence-corrected chi connectivity index (χ1v) is 9.02. The Morgan fingerprint density at radius 3 is 2.56 bits per heavy atom. The Morgan fingerprint density at radius 1 is 1.20 bits per heavy atom. The highest BCUT2D eigenvalue weighted by Gasteiger charge is 2.30. The Labute approximate surface area is 147 Å². The lowest BCUT2D eigenvalue weighted by Crippen LogP contribution is -2.55. The maximum absolute atomic E-state index is 12.4. The van der Waals surface area contributed by atoms with Crippen molar-refractivity contribution in [3.05, 3.63) is 34.7 Å². The van der Waals surface area contributed by atoms with Crippen LogP contribution in [0.4, 0.5) is 0 Å². The van der Waals surface area contributed by atoms with Crippen LogP contribution in [0.15, 0.2) is 29.2 Å². The summed E-state index contributed by atoms with van der Waals surface area (Å²) < 4.78 is 1.55. The second-order valence-corrected chi connectivity index (χ2v) is 6.86. The minimum Gasteiger partial charge on any atom is -0.352 e. The highest BCUT2D eigenvalue weighted by Crippen LogP contribution is 2.19. The van der Waals surface area contributed by atoms with Crippen LogP contribution in [0.3, 0.4) is 0 Å². The number of nitrogens with zero attached hydrogens (tertiary/aromatic N) is 3. The lowest BCUT2D eigenvalue weighted by atomic mass is 10.2. The van der Waals surface area contributed by atoms with Crippen LogP contribution in [0.2, 0.25) is 0 Å². The Kier molecular flexibility index (Phi) is 5.53. The van der Waals surface area contributed by atoms with Gasteiger partial charge in [-0.3, -0.25) is 19.3 Å². The molecule has 7 heteroatoms. The van der Waals surface area contributed by atoms with Crippen molar-refractivity contribution >= 4 is 11.8 Å². The minimum atomic E-state index is -0.152. The van der Waals surface area contributed by atoms with Gasteiger partial charge in [-0.15, -0.1) is 0 Å². The molecular weight excluding hydrogens is 320 g/mol. The van der Waals surface area contributed by atoms with Gasteiger partial charge in [0.05, 0.1) is 6.04 Å². The Balaban J connectivity index is 1.43. The van der Waals surface area contributed by atoms with Crippen LogP contribution < -0.4 is 10.9 Å². The molecule has 7 nitrogen and oxygen atoms in total. The van der Waals surface area contributed by atoms with Gasteiger partial charge in [0.1, 0.15) is 0 Å². The average Bonchev–Trinajstić information content (AvgIpc) is 3.44. The maximum Gasteiger partial charge on any atom is 0.250 e.